The van der Waals surface area contributed by atoms with E-state index in [0.29, 0.717) is 21.8 Å². The summed E-state index contributed by atoms with van der Waals surface area (Å²) in [5, 5.41) is 18.3. The summed E-state index contributed by atoms with van der Waals surface area (Å²) < 4.78 is 0. The third kappa shape index (κ3) is 6.40. The molecule has 0 radical (unpaired) electrons. The first-order valence-corrected chi connectivity index (χ1v) is 10.4. The van der Waals surface area contributed by atoms with Gasteiger partial charge in [-0.3, -0.25) is 19.7 Å². The van der Waals surface area contributed by atoms with E-state index in [-0.39, 0.29) is 11.6 Å². The summed E-state index contributed by atoms with van der Waals surface area (Å²) in [6, 6.07) is 17.9. The summed E-state index contributed by atoms with van der Waals surface area (Å²) in [6.45, 7) is 1.39. The Balaban J connectivity index is 1.76. The van der Waals surface area contributed by atoms with Crippen LogP contribution in [0.25, 0.3) is 0 Å². The van der Waals surface area contributed by atoms with Crippen molar-refractivity contribution in [1.29, 1.82) is 0 Å². The van der Waals surface area contributed by atoms with Crippen molar-refractivity contribution in [2.24, 2.45) is 5.10 Å². The Morgan fingerprint density at radius 2 is 1.75 bits per heavy atom. The molecule has 0 saturated heterocycles. The lowest BCUT2D eigenvalue weighted by Gasteiger charge is -2.06. The van der Waals surface area contributed by atoms with Crippen LogP contribution in [0.3, 0.4) is 0 Å². The highest BCUT2D eigenvalue weighted by molar-refractivity contribution is 7.99. The number of nitrogens with zero attached hydrogens (tertiary/aromatic N) is 2. The van der Waals surface area contributed by atoms with Crippen molar-refractivity contribution < 1.29 is 14.5 Å². The minimum absolute atomic E-state index is 0.0909. The van der Waals surface area contributed by atoms with E-state index in [1.54, 1.807) is 42.5 Å². The Bertz CT molecular complexity index is 1180. The maximum absolute atomic E-state index is 12.3. The van der Waals surface area contributed by atoms with Crippen LogP contribution < -0.4 is 10.7 Å². The van der Waals surface area contributed by atoms with Gasteiger partial charge in [-0.25, -0.2) is 5.43 Å². The number of anilines is 1. The van der Waals surface area contributed by atoms with Crippen LogP contribution in [0.4, 0.5) is 11.4 Å². The Hall–Kier alpha value is -3.69. The first kappa shape index (κ1) is 23.0. The molecule has 10 heteroatoms. The quantitative estimate of drug-likeness (QED) is 0.284. The second-order valence-electron chi connectivity index (χ2n) is 6.49. The molecule has 0 heterocycles. The molecule has 0 unspecified atom stereocenters. The van der Waals surface area contributed by atoms with Crippen molar-refractivity contribution in [3.05, 3.63) is 93.0 Å². The van der Waals surface area contributed by atoms with Gasteiger partial charge in [0, 0.05) is 50.7 Å². The van der Waals surface area contributed by atoms with E-state index in [0.717, 1.165) is 9.79 Å². The molecular formula is C22H17ClN4O4S. The molecule has 0 aliphatic heterocycles. The summed E-state index contributed by atoms with van der Waals surface area (Å²) >= 11 is 7.30. The topological polar surface area (TPSA) is 114 Å². The molecule has 8 nitrogen and oxygen atoms in total. The molecule has 3 aromatic carbocycles. The van der Waals surface area contributed by atoms with Gasteiger partial charge in [0.05, 0.1) is 11.1 Å². The number of carbonyl (C=O) groups excluding carboxylic acids is 2. The van der Waals surface area contributed by atoms with Crippen molar-refractivity contribution in [3.8, 4) is 0 Å². The number of benzene rings is 3. The molecule has 2 N–H and O–H groups in total. The van der Waals surface area contributed by atoms with Gasteiger partial charge >= 0.3 is 0 Å². The van der Waals surface area contributed by atoms with E-state index < -0.39 is 10.8 Å². The van der Waals surface area contributed by atoms with E-state index in [9.17, 15) is 19.7 Å². The molecule has 32 heavy (non-hydrogen) atoms. The Morgan fingerprint density at radius 1 is 1.06 bits per heavy atom. The number of hydrogen-bond acceptors (Lipinski definition) is 6. The van der Waals surface area contributed by atoms with Gasteiger partial charge in [-0.05, 0) is 54.6 Å². The standard InChI is InChI=1S/C22H17ClN4O4S/c1-14(28)25-18-6-2-15(3-7-18)22(29)26-24-13-16-12-19(27(30)31)8-11-21(16)32-20-9-4-17(23)5-10-20/h2-13H,1H3,(H,25,28)(H,26,29)/b24-13+. The summed E-state index contributed by atoms with van der Waals surface area (Å²) in [7, 11) is 0. The van der Waals surface area contributed by atoms with Gasteiger partial charge in [0.25, 0.3) is 11.6 Å². The third-order valence-electron chi connectivity index (χ3n) is 4.08. The van der Waals surface area contributed by atoms with Crippen LogP contribution in [0.15, 0.2) is 81.6 Å². The highest BCUT2D eigenvalue weighted by Gasteiger charge is 2.11. The lowest BCUT2D eigenvalue weighted by Crippen LogP contribution is -2.17. The lowest BCUT2D eigenvalue weighted by atomic mass is 10.2. The Morgan fingerprint density at radius 3 is 2.38 bits per heavy atom. The van der Waals surface area contributed by atoms with Crippen LogP contribution in [0, 0.1) is 10.1 Å². The highest BCUT2D eigenvalue weighted by atomic mass is 35.5. The van der Waals surface area contributed by atoms with Crippen molar-refractivity contribution >= 4 is 52.8 Å². The smallest absolute Gasteiger partial charge is 0.271 e. The molecule has 0 atom stereocenters. The third-order valence-corrected chi connectivity index (χ3v) is 5.43. The number of halogens is 1. The molecule has 162 valence electrons. The zero-order valence-corrected chi connectivity index (χ0v) is 18.3. The molecule has 0 fully saturated rings. The van der Waals surface area contributed by atoms with Crippen LogP contribution in [-0.2, 0) is 4.79 Å². The molecule has 0 aliphatic carbocycles. The van der Waals surface area contributed by atoms with E-state index in [4.69, 9.17) is 11.6 Å². The fourth-order valence-electron chi connectivity index (χ4n) is 2.61. The number of hydrazone groups is 1. The molecule has 0 spiro atoms. The van der Waals surface area contributed by atoms with Crippen molar-refractivity contribution in [2.45, 2.75) is 16.7 Å². The second-order valence-corrected chi connectivity index (χ2v) is 8.04. The number of nitro groups is 1. The largest absolute Gasteiger partial charge is 0.326 e. The normalized spacial score (nSPS) is 10.7. The van der Waals surface area contributed by atoms with Crippen LogP contribution in [-0.4, -0.2) is 23.0 Å². The molecule has 3 rings (SSSR count). The van der Waals surface area contributed by atoms with Gasteiger partial charge < -0.3 is 5.32 Å². The number of nitrogens with one attached hydrogen (secondary N) is 2. The molecule has 0 saturated carbocycles. The summed E-state index contributed by atoms with van der Waals surface area (Å²) in [6.07, 6.45) is 1.36. The zero-order valence-electron chi connectivity index (χ0n) is 16.7. The monoisotopic (exact) mass is 468 g/mol. The lowest BCUT2D eigenvalue weighted by molar-refractivity contribution is -0.384. The van der Waals surface area contributed by atoms with Gasteiger partial charge in [-0.2, -0.15) is 5.10 Å². The van der Waals surface area contributed by atoms with Crippen LogP contribution in [0.1, 0.15) is 22.8 Å². The Labute approximate surface area is 192 Å². The average molecular weight is 469 g/mol. The number of hydrogen-bond donors (Lipinski definition) is 2. The SMILES string of the molecule is CC(=O)Nc1ccc(C(=O)N/N=C/c2cc([N+](=O)[O-])ccc2Sc2ccc(Cl)cc2)cc1. The predicted molar refractivity (Wildman–Crippen MR) is 124 cm³/mol. The van der Waals surface area contributed by atoms with Gasteiger partial charge in [-0.1, -0.05) is 23.4 Å². The summed E-state index contributed by atoms with van der Waals surface area (Å²) in [4.78, 5) is 35.7. The minimum atomic E-state index is -0.497. The second kappa shape index (κ2) is 10.6. The molecule has 2 amide bonds. The van der Waals surface area contributed by atoms with E-state index in [1.807, 2.05) is 12.1 Å². The maximum Gasteiger partial charge on any atom is 0.271 e. The number of carbonyl (C=O) groups is 2. The van der Waals surface area contributed by atoms with Crippen LogP contribution >= 0.6 is 23.4 Å². The number of rotatable bonds is 7. The predicted octanol–water partition coefficient (Wildman–Crippen LogP) is 5.12. The van der Waals surface area contributed by atoms with Gasteiger partial charge in [0.2, 0.25) is 5.91 Å². The number of nitro benzene ring substituents is 1. The van der Waals surface area contributed by atoms with E-state index >= 15 is 0 Å². The number of non-ortho nitro benzene ring substituents is 1. The molecule has 3 aromatic rings. The fourth-order valence-corrected chi connectivity index (χ4v) is 3.62. The Kier molecular flexibility index (Phi) is 7.58. The van der Waals surface area contributed by atoms with E-state index in [2.05, 4.69) is 15.8 Å². The highest BCUT2D eigenvalue weighted by Crippen LogP contribution is 2.32. The van der Waals surface area contributed by atoms with Crippen molar-refractivity contribution in [2.75, 3.05) is 5.32 Å². The van der Waals surface area contributed by atoms with Crippen molar-refractivity contribution in [1.82, 2.24) is 5.43 Å². The molecule has 0 bridgehead atoms. The van der Waals surface area contributed by atoms with Gasteiger partial charge in [0.15, 0.2) is 0 Å². The van der Waals surface area contributed by atoms with Crippen molar-refractivity contribution in [3.63, 3.8) is 0 Å². The summed E-state index contributed by atoms with van der Waals surface area (Å²) in [5.41, 5.74) is 3.69. The molecular weight excluding hydrogens is 452 g/mol. The van der Waals surface area contributed by atoms with E-state index in [1.165, 1.54) is 37.0 Å². The first-order chi connectivity index (χ1) is 15.3. The van der Waals surface area contributed by atoms with Gasteiger partial charge in [0.1, 0.15) is 0 Å². The minimum Gasteiger partial charge on any atom is -0.326 e. The maximum atomic E-state index is 12.3. The zero-order chi connectivity index (χ0) is 23.1. The fraction of sp³-hybridized carbons (Fsp3) is 0.0455. The average Bonchev–Trinajstić information content (AvgIpc) is 2.76. The van der Waals surface area contributed by atoms with Crippen LogP contribution in [0.2, 0.25) is 5.02 Å². The number of amides is 2. The van der Waals surface area contributed by atoms with Crippen LogP contribution in [0.5, 0.6) is 0 Å². The summed E-state index contributed by atoms with van der Waals surface area (Å²) in [5.74, 6) is -0.677. The molecule has 0 aliphatic rings. The molecule has 0 aromatic heterocycles. The first-order valence-electron chi connectivity index (χ1n) is 9.25. The van der Waals surface area contributed by atoms with Gasteiger partial charge in [-0.15, -0.1) is 0 Å².